The zero-order valence-corrected chi connectivity index (χ0v) is 23.7. The molecule has 0 saturated heterocycles. The second-order valence-electron chi connectivity index (χ2n) is 9.10. The van der Waals surface area contributed by atoms with Crippen LogP contribution in [0, 0.1) is 0 Å². The predicted molar refractivity (Wildman–Crippen MR) is 132 cm³/mol. The van der Waals surface area contributed by atoms with Crippen LogP contribution in [0.4, 0.5) is 0 Å². The molecule has 3 heteroatoms. The van der Waals surface area contributed by atoms with Crippen molar-refractivity contribution in [2.24, 2.45) is 0 Å². The Labute approximate surface area is 191 Å². The Kier molecular flexibility index (Phi) is 24.8. The van der Waals surface area contributed by atoms with E-state index in [1.807, 2.05) is 0 Å². The van der Waals surface area contributed by atoms with Gasteiger partial charge in [-0.1, -0.05) is 45.4 Å². The second kappa shape index (κ2) is 24.5. The molecule has 0 rings (SSSR count). The number of unbranched alkanes of at least 4 members (excludes halogenated alkanes) is 16. The van der Waals surface area contributed by atoms with Crippen molar-refractivity contribution in [3.8, 4) is 0 Å². The molecule has 0 heterocycles. The van der Waals surface area contributed by atoms with Gasteiger partial charge in [0, 0.05) is 0 Å². The molecule has 0 fully saturated rings. The molecular formula is C26H54O2Sn. The van der Waals surface area contributed by atoms with Gasteiger partial charge in [-0.05, 0) is 0 Å². The van der Waals surface area contributed by atoms with Crippen molar-refractivity contribution >= 4 is 26.1 Å². The average molecular weight is 517 g/mol. The second-order valence-corrected chi connectivity index (χ2v) is 16.6. The molecule has 0 aliphatic rings. The summed E-state index contributed by atoms with van der Waals surface area (Å²) in [6.45, 7) is 6.76. The summed E-state index contributed by atoms with van der Waals surface area (Å²) in [5.74, 6) is 0.132. The van der Waals surface area contributed by atoms with Gasteiger partial charge in [-0.15, -0.1) is 0 Å². The minimum absolute atomic E-state index is 0.132. The van der Waals surface area contributed by atoms with Gasteiger partial charge in [-0.3, -0.25) is 0 Å². The third kappa shape index (κ3) is 22.8. The Morgan fingerprint density at radius 3 is 1.24 bits per heavy atom. The van der Waals surface area contributed by atoms with Gasteiger partial charge in [-0.2, -0.15) is 0 Å². The van der Waals surface area contributed by atoms with Crippen LogP contribution < -0.4 is 0 Å². The van der Waals surface area contributed by atoms with Crippen LogP contribution in [-0.2, 0) is 7.87 Å². The maximum atomic E-state index is 12.1. The fourth-order valence-electron chi connectivity index (χ4n) is 4.01. The number of carbonyl (C=O) groups excluding carboxylic acids is 1. The molecule has 0 aromatic carbocycles. The van der Waals surface area contributed by atoms with E-state index in [1.54, 1.807) is 0 Å². The van der Waals surface area contributed by atoms with E-state index in [0.29, 0.717) is 6.42 Å². The molecule has 2 nitrogen and oxygen atoms in total. The molecule has 174 valence electrons. The van der Waals surface area contributed by atoms with Crippen molar-refractivity contribution in [1.29, 1.82) is 0 Å². The van der Waals surface area contributed by atoms with Crippen LogP contribution in [0.2, 0.25) is 8.87 Å². The van der Waals surface area contributed by atoms with Gasteiger partial charge in [0.05, 0.1) is 0 Å². The van der Waals surface area contributed by atoms with Gasteiger partial charge in [0.15, 0.2) is 0 Å². The first-order valence-corrected chi connectivity index (χ1v) is 19.4. The summed E-state index contributed by atoms with van der Waals surface area (Å²) in [7, 11) is 0. The molecule has 0 aliphatic heterocycles. The molecule has 0 radical (unpaired) electrons. The molecule has 0 bridgehead atoms. The summed E-state index contributed by atoms with van der Waals surface area (Å²) in [6, 6.07) is 0. The third-order valence-corrected chi connectivity index (χ3v) is 13.7. The van der Waals surface area contributed by atoms with E-state index in [9.17, 15) is 4.79 Å². The Morgan fingerprint density at radius 2 is 0.862 bits per heavy atom. The van der Waals surface area contributed by atoms with Gasteiger partial charge >= 0.3 is 147 Å². The van der Waals surface area contributed by atoms with E-state index >= 15 is 0 Å². The maximum absolute atomic E-state index is 12.1. The number of hydrogen-bond donors (Lipinski definition) is 0. The van der Waals surface area contributed by atoms with Gasteiger partial charge in [0.1, 0.15) is 0 Å². The Hall–Kier alpha value is 0.269. The summed E-state index contributed by atoms with van der Waals surface area (Å²) >= 11 is -2.01. The van der Waals surface area contributed by atoms with Crippen LogP contribution in [0.25, 0.3) is 0 Å². The van der Waals surface area contributed by atoms with Gasteiger partial charge < -0.3 is 0 Å². The monoisotopic (exact) mass is 518 g/mol. The van der Waals surface area contributed by atoms with Gasteiger partial charge in [0.25, 0.3) is 0 Å². The van der Waals surface area contributed by atoms with Crippen LogP contribution >= 0.6 is 0 Å². The molecule has 0 aromatic heterocycles. The van der Waals surface area contributed by atoms with Crippen LogP contribution in [0.1, 0.15) is 149 Å². The molecular weight excluding hydrogens is 463 g/mol. The van der Waals surface area contributed by atoms with Crippen molar-refractivity contribution < 1.29 is 7.87 Å². The molecule has 0 aromatic rings. The van der Waals surface area contributed by atoms with Crippen molar-refractivity contribution in [1.82, 2.24) is 0 Å². The topological polar surface area (TPSA) is 26.3 Å². The van der Waals surface area contributed by atoms with Crippen LogP contribution in [-0.4, -0.2) is 26.1 Å². The van der Waals surface area contributed by atoms with Gasteiger partial charge in [0.2, 0.25) is 0 Å². The number of carbonyl (C=O) groups is 1. The van der Waals surface area contributed by atoms with Crippen molar-refractivity contribution in [3.63, 3.8) is 0 Å². The first-order valence-electron chi connectivity index (χ1n) is 13.4. The first-order chi connectivity index (χ1) is 14.2. The van der Waals surface area contributed by atoms with Crippen molar-refractivity contribution in [2.75, 3.05) is 0 Å². The van der Waals surface area contributed by atoms with Crippen molar-refractivity contribution in [2.45, 2.75) is 158 Å². The summed E-state index contributed by atoms with van der Waals surface area (Å²) < 4.78 is 8.45. The third-order valence-electron chi connectivity index (χ3n) is 6.04. The zero-order chi connectivity index (χ0) is 21.4. The molecule has 0 spiro atoms. The van der Waals surface area contributed by atoms with Gasteiger partial charge in [-0.25, -0.2) is 0 Å². The Morgan fingerprint density at radius 1 is 0.517 bits per heavy atom. The molecule has 0 N–H and O–H groups in total. The van der Waals surface area contributed by atoms with Crippen LogP contribution in [0.15, 0.2) is 0 Å². The predicted octanol–water partition coefficient (Wildman–Crippen LogP) is 9.12. The zero-order valence-electron chi connectivity index (χ0n) is 20.5. The van der Waals surface area contributed by atoms with E-state index in [0.717, 1.165) is 6.42 Å². The molecule has 0 atom stereocenters. The van der Waals surface area contributed by atoms with Crippen LogP contribution in [0.3, 0.4) is 0 Å². The summed E-state index contributed by atoms with van der Waals surface area (Å²) in [5.41, 5.74) is 0. The van der Waals surface area contributed by atoms with E-state index < -0.39 is 20.2 Å². The fourth-order valence-corrected chi connectivity index (χ4v) is 11.8. The summed E-state index contributed by atoms with van der Waals surface area (Å²) in [4.78, 5) is 12.1. The molecule has 0 aliphatic carbocycles. The SMILES string of the molecule is CCCCCCCCCCCCCCCCCC(=O)[O][SnH]([CH2]CCC)[CH2]CCC. The van der Waals surface area contributed by atoms with E-state index in [-0.39, 0.29) is 5.97 Å². The van der Waals surface area contributed by atoms with Crippen molar-refractivity contribution in [3.05, 3.63) is 0 Å². The molecule has 0 saturated carbocycles. The first kappa shape index (κ1) is 29.3. The standard InChI is InChI=1S/C18H36O2.2C4H9.Sn.H/c1-2-3-4-5-6-7-8-9-10-11-12-13-14-15-16-17-18(19)20;2*1-3-4-2;;/h2-17H2,1H3,(H,19,20);2*1,3-4H2,2H3;;/q;;;+1;/p-1. The summed E-state index contributed by atoms with van der Waals surface area (Å²) in [5, 5.41) is 0. The molecule has 0 amide bonds. The van der Waals surface area contributed by atoms with Crippen LogP contribution in [0.5, 0.6) is 0 Å². The fraction of sp³-hybridized carbons (Fsp3) is 0.962. The van der Waals surface area contributed by atoms with E-state index in [1.165, 1.54) is 124 Å². The number of hydrogen-bond acceptors (Lipinski definition) is 2. The Balaban J connectivity index is 3.40. The summed E-state index contributed by atoms with van der Waals surface area (Å²) in [6.07, 6.45) is 26.2. The van der Waals surface area contributed by atoms with E-state index in [4.69, 9.17) is 3.07 Å². The minimum atomic E-state index is -2.01. The normalized spacial score (nSPS) is 11.3. The molecule has 0 unspecified atom stereocenters. The average Bonchev–Trinajstić information content (AvgIpc) is 2.72. The quantitative estimate of drug-likeness (QED) is 0.0998. The van der Waals surface area contributed by atoms with E-state index in [2.05, 4.69) is 20.8 Å². The number of rotatable bonds is 23. The molecule has 29 heavy (non-hydrogen) atoms. The Bertz CT molecular complexity index is 325.